The summed E-state index contributed by atoms with van der Waals surface area (Å²) in [6.45, 7) is 4.69. The van der Waals surface area contributed by atoms with E-state index in [0.29, 0.717) is 5.92 Å². The molecule has 28 heavy (non-hydrogen) atoms. The molecule has 1 aliphatic rings. The molecule has 1 nitrogen and oxygen atoms in total. The van der Waals surface area contributed by atoms with Crippen molar-refractivity contribution in [1.29, 1.82) is 0 Å². The summed E-state index contributed by atoms with van der Waals surface area (Å²) in [5, 5.41) is 0. The first kappa shape index (κ1) is 18.9. The standard InChI is InChI=1S/C27H30N/c1-3-20(2)26(18-22-11-8-16-28-19-22)25-13-7-12-24(27(25)23-14-15-23)17-21-9-5-4-6-10-21/h4-13,16,19-20,23H,3,14-15,17-18H2,1-2H3. The number of hydrogen-bond acceptors (Lipinski definition) is 1. The molecule has 1 saturated carbocycles. The van der Waals surface area contributed by atoms with Gasteiger partial charge in [0.15, 0.2) is 0 Å². The molecule has 1 heterocycles. The minimum absolute atomic E-state index is 0.574. The first-order valence-corrected chi connectivity index (χ1v) is 10.7. The lowest BCUT2D eigenvalue weighted by Gasteiger charge is -2.27. The zero-order valence-electron chi connectivity index (χ0n) is 17.1. The third-order valence-corrected chi connectivity index (χ3v) is 6.09. The highest BCUT2D eigenvalue weighted by Gasteiger charge is 2.32. The van der Waals surface area contributed by atoms with Crippen LogP contribution in [0, 0.1) is 11.8 Å². The van der Waals surface area contributed by atoms with Crippen molar-refractivity contribution in [3.05, 3.63) is 107 Å². The van der Waals surface area contributed by atoms with Gasteiger partial charge in [0, 0.05) is 18.3 Å². The van der Waals surface area contributed by atoms with Crippen LogP contribution in [-0.2, 0) is 12.8 Å². The van der Waals surface area contributed by atoms with E-state index in [0.717, 1.165) is 18.8 Å². The minimum atomic E-state index is 0.574. The third kappa shape index (κ3) is 4.35. The van der Waals surface area contributed by atoms with E-state index in [1.54, 1.807) is 11.5 Å². The highest BCUT2D eigenvalue weighted by Crippen LogP contribution is 2.47. The molecule has 0 N–H and O–H groups in total. The fraction of sp³-hybridized carbons (Fsp3) is 0.333. The summed E-state index contributed by atoms with van der Waals surface area (Å²) in [5.74, 6) is 2.89. The van der Waals surface area contributed by atoms with Gasteiger partial charge in [0.1, 0.15) is 0 Å². The second kappa shape index (κ2) is 8.73. The fourth-order valence-corrected chi connectivity index (χ4v) is 4.22. The summed E-state index contributed by atoms with van der Waals surface area (Å²) in [4.78, 5) is 4.35. The SMILES string of the molecule is CCC(C)[C](Cc1cccnc1)c1cccc(Cc2ccccc2)c1C1CC1. The molecule has 2 aromatic carbocycles. The molecule has 1 heteroatoms. The van der Waals surface area contributed by atoms with Crippen LogP contribution < -0.4 is 0 Å². The Bertz CT molecular complexity index is 881. The van der Waals surface area contributed by atoms with Crippen molar-refractivity contribution < 1.29 is 0 Å². The van der Waals surface area contributed by atoms with Crippen LogP contribution >= 0.6 is 0 Å². The maximum absolute atomic E-state index is 4.35. The molecule has 3 aromatic rings. The average Bonchev–Trinajstić information content (AvgIpc) is 3.58. The number of aromatic nitrogens is 1. The summed E-state index contributed by atoms with van der Waals surface area (Å²) in [6, 6.07) is 22.1. The van der Waals surface area contributed by atoms with Crippen LogP contribution in [0.1, 0.15) is 66.8 Å². The van der Waals surface area contributed by atoms with E-state index in [9.17, 15) is 0 Å². The summed E-state index contributed by atoms with van der Waals surface area (Å²) in [6.07, 6.45) is 9.75. The van der Waals surface area contributed by atoms with Gasteiger partial charge in [-0.15, -0.1) is 0 Å². The third-order valence-electron chi connectivity index (χ3n) is 6.09. The van der Waals surface area contributed by atoms with Gasteiger partial charge in [0.05, 0.1) is 0 Å². The summed E-state index contributed by atoms with van der Waals surface area (Å²) in [5.41, 5.74) is 7.35. The molecule has 0 bridgehead atoms. The number of hydrogen-bond donors (Lipinski definition) is 0. The highest BCUT2D eigenvalue weighted by molar-refractivity contribution is 5.50. The second-order valence-electron chi connectivity index (χ2n) is 8.19. The predicted octanol–water partition coefficient (Wildman–Crippen LogP) is 6.76. The van der Waals surface area contributed by atoms with Gasteiger partial charge in [-0.25, -0.2) is 0 Å². The molecular weight excluding hydrogens is 338 g/mol. The molecule has 1 atom stereocenters. The van der Waals surface area contributed by atoms with Crippen LogP contribution in [-0.4, -0.2) is 4.98 Å². The van der Waals surface area contributed by atoms with Crippen molar-refractivity contribution in [3.63, 3.8) is 0 Å². The first-order chi connectivity index (χ1) is 13.8. The topological polar surface area (TPSA) is 12.9 Å². The van der Waals surface area contributed by atoms with Gasteiger partial charge >= 0.3 is 0 Å². The van der Waals surface area contributed by atoms with Gasteiger partial charge in [-0.2, -0.15) is 0 Å². The van der Waals surface area contributed by atoms with Crippen molar-refractivity contribution in [2.75, 3.05) is 0 Å². The quantitative estimate of drug-likeness (QED) is 0.428. The van der Waals surface area contributed by atoms with Gasteiger partial charge in [-0.1, -0.05) is 74.9 Å². The van der Waals surface area contributed by atoms with Gasteiger partial charge in [-0.3, -0.25) is 4.98 Å². The predicted molar refractivity (Wildman–Crippen MR) is 117 cm³/mol. The Morgan fingerprint density at radius 1 is 0.964 bits per heavy atom. The molecule has 1 radical (unpaired) electrons. The van der Waals surface area contributed by atoms with Gasteiger partial charge in [0.2, 0.25) is 0 Å². The number of pyridine rings is 1. The van der Waals surface area contributed by atoms with E-state index in [1.807, 2.05) is 12.4 Å². The number of rotatable bonds is 8. The largest absolute Gasteiger partial charge is 0.264 e. The Hall–Kier alpha value is -2.41. The fourth-order valence-electron chi connectivity index (χ4n) is 4.22. The first-order valence-electron chi connectivity index (χ1n) is 10.7. The Balaban J connectivity index is 1.72. The molecule has 1 fully saturated rings. The van der Waals surface area contributed by atoms with E-state index >= 15 is 0 Å². The van der Waals surface area contributed by atoms with E-state index in [2.05, 4.69) is 79.5 Å². The van der Waals surface area contributed by atoms with Crippen LogP contribution in [0.5, 0.6) is 0 Å². The molecule has 1 aliphatic carbocycles. The summed E-state index contributed by atoms with van der Waals surface area (Å²) in [7, 11) is 0. The zero-order chi connectivity index (χ0) is 19.3. The lowest BCUT2D eigenvalue weighted by atomic mass is 9.77. The molecule has 0 saturated heterocycles. The lowest BCUT2D eigenvalue weighted by molar-refractivity contribution is 0.572. The van der Waals surface area contributed by atoms with Gasteiger partial charge in [0.25, 0.3) is 0 Å². The van der Waals surface area contributed by atoms with Crippen molar-refractivity contribution in [2.24, 2.45) is 5.92 Å². The average molecular weight is 369 g/mol. The van der Waals surface area contributed by atoms with Gasteiger partial charge < -0.3 is 0 Å². The summed E-state index contributed by atoms with van der Waals surface area (Å²) >= 11 is 0. The molecular formula is C27H30N. The Morgan fingerprint density at radius 3 is 2.43 bits per heavy atom. The van der Waals surface area contributed by atoms with Crippen LogP contribution in [0.25, 0.3) is 0 Å². The van der Waals surface area contributed by atoms with Gasteiger partial charge in [-0.05, 0) is 71.4 Å². The van der Waals surface area contributed by atoms with E-state index < -0.39 is 0 Å². The number of benzene rings is 2. The van der Waals surface area contributed by atoms with E-state index in [-0.39, 0.29) is 0 Å². The normalized spacial score (nSPS) is 15.0. The van der Waals surface area contributed by atoms with Crippen molar-refractivity contribution in [1.82, 2.24) is 4.98 Å². The molecule has 0 aliphatic heterocycles. The maximum Gasteiger partial charge on any atom is 0.0300 e. The lowest BCUT2D eigenvalue weighted by Crippen LogP contribution is -2.16. The molecule has 0 spiro atoms. The van der Waals surface area contributed by atoms with Crippen LogP contribution in [0.2, 0.25) is 0 Å². The van der Waals surface area contributed by atoms with Crippen LogP contribution in [0.15, 0.2) is 73.1 Å². The molecule has 143 valence electrons. The van der Waals surface area contributed by atoms with Crippen molar-refractivity contribution >= 4 is 0 Å². The minimum Gasteiger partial charge on any atom is -0.264 e. The Labute approximate surface area is 169 Å². The maximum atomic E-state index is 4.35. The zero-order valence-corrected chi connectivity index (χ0v) is 17.1. The molecule has 1 unspecified atom stereocenters. The highest BCUT2D eigenvalue weighted by atomic mass is 14.6. The Morgan fingerprint density at radius 2 is 1.75 bits per heavy atom. The van der Waals surface area contributed by atoms with Crippen LogP contribution in [0.3, 0.4) is 0 Å². The number of nitrogens with zero attached hydrogens (tertiary/aromatic N) is 1. The summed E-state index contributed by atoms with van der Waals surface area (Å²) < 4.78 is 0. The van der Waals surface area contributed by atoms with Crippen molar-refractivity contribution in [2.45, 2.75) is 51.9 Å². The van der Waals surface area contributed by atoms with Crippen LogP contribution in [0.4, 0.5) is 0 Å². The second-order valence-corrected chi connectivity index (χ2v) is 8.19. The van der Waals surface area contributed by atoms with E-state index in [4.69, 9.17) is 0 Å². The Kier molecular flexibility index (Phi) is 5.90. The van der Waals surface area contributed by atoms with E-state index in [1.165, 1.54) is 41.5 Å². The molecule has 0 amide bonds. The monoisotopic (exact) mass is 368 g/mol. The molecule has 1 aromatic heterocycles. The smallest absolute Gasteiger partial charge is 0.0300 e. The molecule has 4 rings (SSSR count). The van der Waals surface area contributed by atoms with Crippen molar-refractivity contribution in [3.8, 4) is 0 Å².